The van der Waals surface area contributed by atoms with Crippen molar-refractivity contribution in [3.63, 3.8) is 0 Å². The monoisotopic (exact) mass is 388 g/mol. The summed E-state index contributed by atoms with van der Waals surface area (Å²) in [4.78, 5) is 12.0. The second-order valence-corrected chi connectivity index (χ2v) is 7.85. The van der Waals surface area contributed by atoms with Crippen LogP contribution in [0.15, 0.2) is 60.0 Å². The molecule has 0 radical (unpaired) electrons. The molecular formula is C20H24N2O4S. The van der Waals surface area contributed by atoms with Gasteiger partial charge in [-0.1, -0.05) is 48.5 Å². The van der Waals surface area contributed by atoms with Gasteiger partial charge in [0.15, 0.2) is 0 Å². The van der Waals surface area contributed by atoms with Crippen LogP contribution in [0.25, 0.3) is 6.08 Å². The Morgan fingerprint density at radius 2 is 1.78 bits per heavy atom. The number of carbonyl (C=O) groups is 1. The molecule has 0 spiro atoms. The van der Waals surface area contributed by atoms with Gasteiger partial charge >= 0.3 is 0 Å². The van der Waals surface area contributed by atoms with E-state index in [1.54, 1.807) is 19.2 Å². The molecule has 0 aliphatic heterocycles. The van der Waals surface area contributed by atoms with Crippen molar-refractivity contribution < 1.29 is 17.9 Å². The molecule has 0 unspecified atom stereocenters. The summed E-state index contributed by atoms with van der Waals surface area (Å²) >= 11 is 0. The van der Waals surface area contributed by atoms with E-state index < -0.39 is 10.0 Å². The summed E-state index contributed by atoms with van der Waals surface area (Å²) in [5.41, 5.74) is 1.75. The van der Waals surface area contributed by atoms with Gasteiger partial charge in [0.1, 0.15) is 5.75 Å². The number of sulfonamides is 1. The Bertz CT molecular complexity index is 880. The maximum atomic E-state index is 12.3. The van der Waals surface area contributed by atoms with Crippen LogP contribution in [-0.2, 0) is 21.2 Å². The van der Waals surface area contributed by atoms with Crippen LogP contribution in [0.5, 0.6) is 5.75 Å². The number of nitrogens with zero attached hydrogens (tertiary/aromatic N) is 1. The number of likely N-dealkylation sites (N-methyl/N-ethyl adjacent to an activating group) is 1. The first kappa shape index (κ1) is 20.7. The normalized spacial score (nSPS) is 11.7. The molecule has 7 heteroatoms. The van der Waals surface area contributed by atoms with Gasteiger partial charge in [0.2, 0.25) is 15.9 Å². The lowest BCUT2D eigenvalue weighted by atomic mass is 10.1. The zero-order chi connectivity index (χ0) is 19.7. The van der Waals surface area contributed by atoms with Crippen LogP contribution in [0.3, 0.4) is 0 Å². The molecule has 0 aromatic heterocycles. The van der Waals surface area contributed by atoms with Gasteiger partial charge in [-0.25, -0.2) is 8.42 Å². The van der Waals surface area contributed by atoms with E-state index in [9.17, 15) is 13.2 Å². The number of rotatable bonds is 9. The second kappa shape index (κ2) is 9.89. The maximum Gasteiger partial charge on any atom is 0.236 e. The minimum absolute atomic E-state index is 0.243. The molecule has 0 aliphatic rings. The average molecular weight is 388 g/mol. The van der Waals surface area contributed by atoms with Crippen LogP contribution in [-0.4, -0.2) is 45.9 Å². The van der Waals surface area contributed by atoms with Crippen molar-refractivity contribution in [1.29, 1.82) is 0 Å². The molecule has 0 fully saturated rings. The summed E-state index contributed by atoms with van der Waals surface area (Å²) in [5.74, 6) is 0.404. The second-order valence-electron chi connectivity index (χ2n) is 5.93. The van der Waals surface area contributed by atoms with Crippen LogP contribution >= 0.6 is 0 Å². The molecule has 27 heavy (non-hydrogen) atoms. The third kappa shape index (κ3) is 6.54. The molecule has 0 saturated carbocycles. The molecule has 2 rings (SSSR count). The zero-order valence-electron chi connectivity index (χ0n) is 15.5. The molecule has 2 aromatic carbocycles. The van der Waals surface area contributed by atoms with Gasteiger partial charge in [0.25, 0.3) is 0 Å². The number of carbonyl (C=O) groups excluding carboxylic acids is 1. The fraction of sp³-hybridized carbons (Fsp3) is 0.250. The van der Waals surface area contributed by atoms with Gasteiger partial charge in [0.05, 0.1) is 13.7 Å². The molecular weight excluding hydrogens is 364 g/mol. The van der Waals surface area contributed by atoms with Gasteiger partial charge < -0.3 is 10.1 Å². The summed E-state index contributed by atoms with van der Waals surface area (Å²) in [6.45, 7) is 0.153. The highest BCUT2D eigenvalue weighted by molar-refractivity contribution is 7.92. The van der Waals surface area contributed by atoms with Crippen molar-refractivity contribution >= 4 is 22.0 Å². The highest BCUT2D eigenvalue weighted by atomic mass is 32.2. The van der Waals surface area contributed by atoms with Crippen molar-refractivity contribution in [3.8, 4) is 5.75 Å². The predicted molar refractivity (Wildman–Crippen MR) is 107 cm³/mol. The first-order chi connectivity index (χ1) is 12.9. The standard InChI is InChI=1S/C20H24N2O4S/c1-22(27(24,25)15-13-17-8-4-3-5-9-17)16-20(23)21-14-12-18-10-6-7-11-19(18)26-2/h3-11,13,15H,12,14,16H2,1-2H3,(H,21,23). The number of hydrogen-bond acceptors (Lipinski definition) is 4. The molecule has 2 aromatic rings. The third-order valence-electron chi connectivity index (χ3n) is 3.94. The van der Waals surface area contributed by atoms with Crippen molar-refractivity contribution in [1.82, 2.24) is 9.62 Å². The zero-order valence-corrected chi connectivity index (χ0v) is 16.3. The van der Waals surface area contributed by atoms with E-state index in [2.05, 4.69) is 5.32 Å². The summed E-state index contributed by atoms with van der Waals surface area (Å²) in [6, 6.07) is 16.7. The molecule has 1 N–H and O–H groups in total. The molecule has 0 heterocycles. The van der Waals surface area contributed by atoms with E-state index in [-0.39, 0.29) is 12.5 Å². The topological polar surface area (TPSA) is 75.7 Å². The Morgan fingerprint density at radius 3 is 2.48 bits per heavy atom. The Kier molecular flexibility index (Phi) is 7.57. The summed E-state index contributed by atoms with van der Waals surface area (Å²) in [5, 5.41) is 3.84. The highest BCUT2D eigenvalue weighted by Gasteiger charge is 2.17. The molecule has 144 valence electrons. The van der Waals surface area contributed by atoms with E-state index in [0.29, 0.717) is 13.0 Å². The lowest BCUT2D eigenvalue weighted by Crippen LogP contribution is -2.38. The number of ether oxygens (including phenoxy) is 1. The van der Waals surface area contributed by atoms with Crippen LogP contribution < -0.4 is 10.1 Å². The Hall–Kier alpha value is -2.64. The van der Waals surface area contributed by atoms with Crippen LogP contribution in [0.4, 0.5) is 0 Å². The Morgan fingerprint density at radius 1 is 1.11 bits per heavy atom. The van der Waals surface area contributed by atoms with Gasteiger partial charge in [-0.05, 0) is 29.7 Å². The molecule has 1 amide bonds. The number of nitrogens with one attached hydrogen (secondary N) is 1. The first-order valence-corrected chi connectivity index (χ1v) is 10.0. The number of amides is 1. The number of para-hydroxylation sites is 1. The number of hydrogen-bond donors (Lipinski definition) is 1. The van der Waals surface area contributed by atoms with Crippen molar-refractivity contribution in [2.45, 2.75) is 6.42 Å². The highest BCUT2D eigenvalue weighted by Crippen LogP contribution is 2.17. The summed E-state index contributed by atoms with van der Waals surface area (Å²) in [6.07, 6.45) is 2.10. The quantitative estimate of drug-likeness (QED) is 0.715. The smallest absolute Gasteiger partial charge is 0.236 e. The van der Waals surface area contributed by atoms with Crippen molar-refractivity contribution in [3.05, 3.63) is 71.1 Å². The number of methoxy groups -OCH3 is 1. The summed E-state index contributed by atoms with van der Waals surface area (Å²) < 4.78 is 30.8. The fourth-order valence-corrected chi connectivity index (χ4v) is 3.26. The average Bonchev–Trinajstić information content (AvgIpc) is 2.67. The lowest BCUT2D eigenvalue weighted by molar-refractivity contribution is -0.121. The van der Waals surface area contributed by atoms with E-state index in [1.807, 2.05) is 42.5 Å². The van der Waals surface area contributed by atoms with Crippen LogP contribution in [0.2, 0.25) is 0 Å². The Labute approximate surface area is 160 Å². The van der Waals surface area contributed by atoms with Crippen LogP contribution in [0, 0.1) is 0 Å². The van der Waals surface area contributed by atoms with E-state index in [1.165, 1.54) is 13.1 Å². The number of benzene rings is 2. The van der Waals surface area contributed by atoms with Crippen molar-refractivity contribution in [2.24, 2.45) is 0 Å². The minimum atomic E-state index is -3.67. The first-order valence-electron chi connectivity index (χ1n) is 8.50. The molecule has 0 atom stereocenters. The van der Waals surface area contributed by atoms with Gasteiger partial charge in [-0.15, -0.1) is 0 Å². The van der Waals surface area contributed by atoms with E-state index in [0.717, 1.165) is 26.6 Å². The molecule has 0 saturated heterocycles. The molecule has 0 aliphatic carbocycles. The van der Waals surface area contributed by atoms with Gasteiger partial charge in [-0.3, -0.25) is 4.79 Å². The van der Waals surface area contributed by atoms with Crippen LogP contribution in [0.1, 0.15) is 11.1 Å². The third-order valence-corrected chi connectivity index (χ3v) is 5.42. The van der Waals surface area contributed by atoms with Gasteiger partial charge in [-0.2, -0.15) is 4.31 Å². The van der Waals surface area contributed by atoms with Crippen molar-refractivity contribution in [2.75, 3.05) is 27.2 Å². The van der Waals surface area contributed by atoms with E-state index in [4.69, 9.17) is 4.74 Å². The molecule has 6 nitrogen and oxygen atoms in total. The summed E-state index contributed by atoms with van der Waals surface area (Å²) in [7, 11) is -0.693. The largest absolute Gasteiger partial charge is 0.496 e. The molecule has 0 bridgehead atoms. The SMILES string of the molecule is COc1ccccc1CCNC(=O)CN(C)S(=O)(=O)C=Cc1ccccc1. The fourth-order valence-electron chi connectivity index (χ4n) is 2.43. The van der Waals surface area contributed by atoms with E-state index >= 15 is 0 Å². The lowest BCUT2D eigenvalue weighted by Gasteiger charge is -2.14. The van der Waals surface area contributed by atoms with Gasteiger partial charge in [0, 0.05) is 19.0 Å². The minimum Gasteiger partial charge on any atom is -0.496 e. The Balaban J connectivity index is 1.84. The predicted octanol–water partition coefficient (Wildman–Crippen LogP) is 2.29. The maximum absolute atomic E-state index is 12.3.